The Hall–Kier alpha value is -1.10. The lowest BCUT2D eigenvalue weighted by Crippen LogP contribution is -2.31. The van der Waals surface area contributed by atoms with Crippen LogP contribution < -0.4 is 5.73 Å². The van der Waals surface area contributed by atoms with Crippen molar-refractivity contribution in [2.75, 3.05) is 0 Å². The lowest BCUT2D eigenvalue weighted by Gasteiger charge is -2.32. The number of hydrogen-bond donors (Lipinski definition) is 1. The second-order valence-corrected chi connectivity index (χ2v) is 5.30. The second-order valence-electron chi connectivity index (χ2n) is 5.30. The van der Waals surface area contributed by atoms with Gasteiger partial charge >= 0.3 is 6.18 Å². The third-order valence-electron chi connectivity index (χ3n) is 3.99. The second kappa shape index (κ2) is 4.53. The van der Waals surface area contributed by atoms with Gasteiger partial charge in [-0.05, 0) is 29.9 Å². The van der Waals surface area contributed by atoms with Crippen molar-refractivity contribution in [2.24, 2.45) is 11.1 Å². The summed E-state index contributed by atoms with van der Waals surface area (Å²) in [6.07, 6.45) is 1.87. The Labute approximate surface area is 104 Å². The average Bonchev–Trinajstić information content (AvgIpc) is 2.75. The molecule has 0 bridgehead atoms. The third kappa shape index (κ3) is 2.36. The Kier molecular flexibility index (Phi) is 3.36. The van der Waals surface area contributed by atoms with Crippen LogP contribution in [-0.2, 0) is 6.18 Å². The Morgan fingerprint density at radius 1 is 1.33 bits per heavy atom. The van der Waals surface area contributed by atoms with E-state index in [-0.39, 0.29) is 11.0 Å². The van der Waals surface area contributed by atoms with Crippen LogP contribution >= 0.6 is 0 Å². The highest BCUT2D eigenvalue weighted by Crippen LogP contribution is 2.48. The van der Waals surface area contributed by atoms with E-state index in [1.165, 1.54) is 6.20 Å². The lowest BCUT2D eigenvalue weighted by atomic mass is 9.77. The van der Waals surface area contributed by atoms with Crippen molar-refractivity contribution < 1.29 is 13.2 Å². The molecular weight excluding hydrogens is 241 g/mol. The summed E-state index contributed by atoms with van der Waals surface area (Å²) >= 11 is 0. The molecule has 1 fully saturated rings. The SMILES string of the molecule is CC1(C(N)c2cnccc2C(F)(F)F)CCCC1. The monoisotopic (exact) mass is 258 g/mol. The predicted octanol–water partition coefficient (Wildman–Crippen LogP) is 3.68. The van der Waals surface area contributed by atoms with Gasteiger partial charge in [0.25, 0.3) is 0 Å². The molecule has 18 heavy (non-hydrogen) atoms. The van der Waals surface area contributed by atoms with E-state index in [2.05, 4.69) is 4.98 Å². The van der Waals surface area contributed by atoms with Crippen LogP contribution in [0.4, 0.5) is 13.2 Å². The zero-order chi connectivity index (χ0) is 13.4. The van der Waals surface area contributed by atoms with Gasteiger partial charge in [0, 0.05) is 18.4 Å². The van der Waals surface area contributed by atoms with Crippen LogP contribution in [-0.4, -0.2) is 4.98 Å². The maximum Gasteiger partial charge on any atom is 0.416 e. The van der Waals surface area contributed by atoms with Gasteiger partial charge in [0.1, 0.15) is 0 Å². The molecule has 0 amide bonds. The third-order valence-corrected chi connectivity index (χ3v) is 3.99. The smallest absolute Gasteiger partial charge is 0.323 e. The molecular formula is C13H17F3N2. The molecule has 2 rings (SSSR count). The van der Waals surface area contributed by atoms with E-state index >= 15 is 0 Å². The molecule has 0 aliphatic heterocycles. The molecule has 0 radical (unpaired) electrons. The Balaban J connectivity index is 2.39. The fourth-order valence-corrected chi connectivity index (χ4v) is 2.78. The van der Waals surface area contributed by atoms with E-state index in [9.17, 15) is 13.2 Å². The maximum atomic E-state index is 12.9. The summed E-state index contributed by atoms with van der Waals surface area (Å²) in [5.41, 5.74) is 5.31. The highest BCUT2D eigenvalue weighted by atomic mass is 19.4. The molecule has 1 heterocycles. The van der Waals surface area contributed by atoms with E-state index in [4.69, 9.17) is 5.73 Å². The first-order valence-corrected chi connectivity index (χ1v) is 6.11. The van der Waals surface area contributed by atoms with Crippen LogP contribution in [0.1, 0.15) is 49.8 Å². The molecule has 1 aromatic heterocycles. The zero-order valence-electron chi connectivity index (χ0n) is 10.3. The van der Waals surface area contributed by atoms with E-state index in [1.807, 2.05) is 6.92 Å². The summed E-state index contributed by atoms with van der Waals surface area (Å²) in [6, 6.07) is 0.401. The van der Waals surface area contributed by atoms with Crippen molar-refractivity contribution in [1.29, 1.82) is 0 Å². The quantitative estimate of drug-likeness (QED) is 0.878. The first-order valence-electron chi connectivity index (χ1n) is 6.11. The first kappa shape index (κ1) is 13.3. The number of nitrogens with two attached hydrogens (primary N) is 1. The summed E-state index contributed by atoms with van der Waals surface area (Å²) in [6.45, 7) is 1.97. The molecule has 0 spiro atoms. The van der Waals surface area contributed by atoms with Crippen LogP contribution in [0.2, 0.25) is 0 Å². The molecule has 0 aromatic carbocycles. The summed E-state index contributed by atoms with van der Waals surface area (Å²) in [5, 5.41) is 0. The number of rotatable bonds is 2. The predicted molar refractivity (Wildman–Crippen MR) is 62.7 cm³/mol. The average molecular weight is 258 g/mol. The van der Waals surface area contributed by atoms with Gasteiger partial charge in [-0.15, -0.1) is 0 Å². The Morgan fingerprint density at radius 2 is 1.94 bits per heavy atom. The fraction of sp³-hybridized carbons (Fsp3) is 0.615. The summed E-state index contributed by atoms with van der Waals surface area (Å²) < 4.78 is 38.8. The Morgan fingerprint density at radius 3 is 2.50 bits per heavy atom. The van der Waals surface area contributed by atoms with Gasteiger partial charge in [-0.1, -0.05) is 19.8 Å². The van der Waals surface area contributed by atoms with Gasteiger partial charge in [-0.3, -0.25) is 4.98 Å². The van der Waals surface area contributed by atoms with E-state index < -0.39 is 17.8 Å². The van der Waals surface area contributed by atoms with Crippen LogP contribution in [0, 0.1) is 5.41 Å². The van der Waals surface area contributed by atoms with Gasteiger partial charge in [-0.25, -0.2) is 0 Å². The minimum atomic E-state index is -4.37. The number of hydrogen-bond acceptors (Lipinski definition) is 2. The molecule has 1 saturated carbocycles. The van der Waals surface area contributed by atoms with Gasteiger partial charge in [0.15, 0.2) is 0 Å². The fourth-order valence-electron chi connectivity index (χ4n) is 2.78. The van der Waals surface area contributed by atoms with Crippen molar-refractivity contribution in [3.63, 3.8) is 0 Å². The molecule has 1 aliphatic carbocycles. The van der Waals surface area contributed by atoms with Crippen molar-refractivity contribution in [2.45, 2.75) is 44.8 Å². The lowest BCUT2D eigenvalue weighted by molar-refractivity contribution is -0.138. The van der Waals surface area contributed by atoms with Crippen molar-refractivity contribution in [3.05, 3.63) is 29.6 Å². The summed E-state index contributed by atoms with van der Waals surface area (Å²) in [4.78, 5) is 3.80. The molecule has 100 valence electrons. The number of halogens is 3. The van der Waals surface area contributed by atoms with Crippen molar-refractivity contribution in [3.8, 4) is 0 Å². The number of aromatic nitrogens is 1. The van der Waals surface area contributed by atoms with Gasteiger partial charge in [0.2, 0.25) is 0 Å². The van der Waals surface area contributed by atoms with E-state index in [0.717, 1.165) is 37.9 Å². The summed E-state index contributed by atoms with van der Waals surface area (Å²) in [7, 11) is 0. The van der Waals surface area contributed by atoms with Crippen LogP contribution in [0.5, 0.6) is 0 Å². The number of nitrogens with zero attached hydrogens (tertiary/aromatic N) is 1. The number of alkyl halides is 3. The molecule has 2 N–H and O–H groups in total. The van der Waals surface area contributed by atoms with Crippen molar-refractivity contribution in [1.82, 2.24) is 4.98 Å². The Bertz CT molecular complexity index is 422. The van der Waals surface area contributed by atoms with E-state index in [0.29, 0.717) is 0 Å². The molecule has 1 aliphatic rings. The van der Waals surface area contributed by atoms with Crippen LogP contribution in [0.25, 0.3) is 0 Å². The molecule has 5 heteroatoms. The highest BCUT2D eigenvalue weighted by Gasteiger charge is 2.41. The summed E-state index contributed by atoms with van der Waals surface area (Å²) in [5.74, 6) is 0. The molecule has 0 saturated heterocycles. The standard InChI is InChI=1S/C13H17F3N2/c1-12(5-2-3-6-12)11(17)9-8-18-7-4-10(9)13(14,15)16/h4,7-8,11H,2-3,5-6,17H2,1H3. The van der Waals surface area contributed by atoms with Crippen LogP contribution in [0.15, 0.2) is 18.5 Å². The molecule has 1 atom stereocenters. The van der Waals surface area contributed by atoms with Gasteiger partial charge in [-0.2, -0.15) is 13.2 Å². The minimum Gasteiger partial charge on any atom is -0.323 e. The number of pyridine rings is 1. The first-order chi connectivity index (χ1) is 8.34. The van der Waals surface area contributed by atoms with Crippen molar-refractivity contribution >= 4 is 0 Å². The van der Waals surface area contributed by atoms with Crippen LogP contribution in [0.3, 0.4) is 0 Å². The zero-order valence-corrected chi connectivity index (χ0v) is 10.3. The normalized spacial score (nSPS) is 20.9. The largest absolute Gasteiger partial charge is 0.416 e. The molecule has 1 unspecified atom stereocenters. The van der Waals surface area contributed by atoms with E-state index in [1.54, 1.807) is 0 Å². The molecule has 1 aromatic rings. The maximum absolute atomic E-state index is 12.9. The molecule has 2 nitrogen and oxygen atoms in total. The van der Waals surface area contributed by atoms with Gasteiger partial charge < -0.3 is 5.73 Å². The highest BCUT2D eigenvalue weighted by molar-refractivity contribution is 5.30. The minimum absolute atomic E-state index is 0.120. The van der Waals surface area contributed by atoms with Gasteiger partial charge in [0.05, 0.1) is 5.56 Å². The topological polar surface area (TPSA) is 38.9 Å².